The van der Waals surface area contributed by atoms with Crippen LogP contribution in [0.15, 0.2) is 34.9 Å². The molecule has 0 fully saturated rings. The van der Waals surface area contributed by atoms with Gasteiger partial charge in [0.05, 0.1) is 6.61 Å². The van der Waals surface area contributed by atoms with E-state index in [4.69, 9.17) is 5.11 Å². The second-order valence-corrected chi connectivity index (χ2v) is 4.69. The lowest BCUT2D eigenvalue weighted by Crippen LogP contribution is -1.94. The Balaban J connectivity index is 4.07. The van der Waals surface area contributed by atoms with Crippen molar-refractivity contribution < 1.29 is 9.90 Å². The zero-order valence-corrected chi connectivity index (χ0v) is 11.4. The van der Waals surface area contributed by atoms with Crippen LogP contribution in [0.5, 0.6) is 0 Å². The van der Waals surface area contributed by atoms with E-state index in [9.17, 15) is 4.79 Å². The van der Waals surface area contributed by atoms with Gasteiger partial charge in [-0.1, -0.05) is 28.9 Å². The zero-order valence-electron chi connectivity index (χ0n) is 11.4. The molecule has 2 heteroatoms. The van der Waals surface area contributed by atoms with Crippen LogP contribution in [0.2, 0.25) is 0 Å². The molecule has 0 saturated heterocycles. The maximum atomic E-state index is 11.5. The van der Waals surface area contributed by atoms with Gasteiger partial charge in [-0.15, -0.1) is 0 Å². The Hall–Kier alpha value is -1.15. The highest BCUT2D eigenvalue weighted by atomic mass is 16.2. The standard InChI is InChI=1S/C15H24O2/c1-12(2)10-15(17)11-14(4)7-5-6-13(3)8-9-16/h7-8,10,16H,5-6,9,11H2,1-4H3. The van der Waals surface area contributed by atoms with E-state index < -0.39 is 0 Å². The third-order valence-electron chi connectivity index (χ3n) is 2.37. The maximum Gasteiger partial charge on any atom is 0.159 e. The van der Waals surface area contributed by atoms with Gasteiger partial charge < -0.3 is 5.11 Å². The summed E-state index contributed by atoms with van der Waals surface area (Å²) < 4.78 is 0. The summed E-state index contributed by atoms with van der Waals surface area (Å²) in [6, 6.07) is 0. The zero-order chi connectivity index (χ0) is 13.3. The quantitative estimate of drug-likeness (QED) is 0.542. The molecule has 0 aromatic heterocycles. The van der Waals surface area contributed by atoms with E-state index in [1.165, 1.54) is 5.57 Å². The first-order valence-corrected chi connectivity index (χ1v) is 6.05. The van der Waals surface area contributed by atoms with E-state index in [0.717, 1.165) is 24.0 Å². The molecular formula is C15H24O2. The molecule has 1 N–H and O–H groups in total. The molecule has 0 bridgehead atoms. The van der Waals surface area contributed by atoms with Gasteiger partial charge in [0, 0.05) is 6.42 Å². The van der Waals surface area contributed by atoms with Gasteiger partial charge in [-0.3, -0.25) is 4.79 Å². The van der Waals surface area contributed by atoms with Crippen LogP contribution in [0.4, 0.5) is 0 Å². The maximum absolute atomic E-state index is 11.5. The third-order valence-corrected chi connectivity index (χ3v) is 2.37. The average Bonchev–Trinajstić information content (AvgIpc) is 2.16. The summed E-state index contributed by atoms with van der Waals surface area (Å²) in [5.74, 6) is 0.168. The number of allylic oxidation sites excluding steroid dienone is 5. The molecule has 0 unspecified atom stereocenters. The van der Waals surface area contributed by atoms with Crippen LogP contribution in [-0.2, 0) is 4.79 Å². The van der Waals surface area contributed by atoms with Crippen molar-refractivity contribution in [1.82, 2.24) is 0 Å². The van der Waals surface area contributed by atoms with Crippen molar-refractivity contribution in [3.05, 3.63) is 34.9 Å². The number of hydrogen-bond donors (Lipinski definition) is 1. The summed E-state index contributed by atoms with van der Waals surface area (Å²) in [7, 11) is 0. The number of carbonyl (C=O) groups excluding carboxylic acids is 1. The molecule has 0 aliphatic carbocycles. The van der Waals surface area contributed by atoms with Gasteiger partial charge in [0.2, 0.25) is 0 Å². The highest BCUT2D eigenvalue weighted by Gasteiger charge is 1.99. The van der Waals surface area contributed by atoms with Crippen LogP contribution in [0.1, 0.15) is 47.0 Å². The van der Waals surface area contributed by atoms with E-state index >= 15 is 0 Å². The van der Waals surface area contributed by atoms with Gasteiger partial charge in [0.1, 0.15) is 0 Å². The number of aliphatic hydroxyl groups excluding tert-OH is 1. The fourth-order valence-electron chi connectivity index (χ4n) is 1.52. The highest BCUT2D eigenvalue weighted by Crippen LogP contribution is 2.09. The lowest BCUT2D eigenvalue weighted by atomic mass is 10.1. The molecule has 0 saturated carbocycles. The summed E-state index contributed by atoms with van der Waals surface area (Å²) in [6.07, 6.45) is 7.98. The Kier molecular flexibility index (Phi) is 8.34. The Labute approximate surface area is 105 Å². The number of carbonyl (C=O) groups is 1. The molecule has 0 radical (unpaired) electrons. The Bertz CT molecular complexity index is 329. The molecule has 2 nitrogen and oxygen atoms in total. The highest BCUT2D eigenvalue weighted by molar-refractivity contribution is 5.91. The normalized spacial score (nSPS) is 12.5. The third kappa shape index (κ3) is 9.76. The predicted molar refractivity (Wildman–Crippen MR) is 72.9 cm³/mol. The molecule has 0 heterocycles. The Morgan fingerprint density at radius 2 is 1.71 bits per heavy atom. The topological polar surface area (TPSA) is 37.3 Å². The van der Waals surface area contributed by atoms with Crippen LogP contribution in [-0.4, -0.2) is 17.5 Å². The summed E-state index contributed by atoms with van der Waals surface area (Å²) >= 11 is 0. The molecule has 0 aromatic carbocycles. The molecule has 96 valence electrons. The van der Waals surface area contributed by atoms with Crippen LogP contribution in [0.3, 0.4) is 0 Å². The number of rotatable bonds is 7. The van der Waals surface area contributed by atoms with Crippen molar-refractivity contribution in [3.63, 3.8) is 0 Å². The lowest BCUT2D eigenvalue weighted by molar-refractivity contribution is -0.114. The van der Waals surface area contributed by atoms with Crippen molar-refractivity contribution >= 4 is 5.78 Å². The summed E-state index contributed by atoms with van der Waals surface area (Å²) in [6.45, 7) is 7.96. The van der Waals surface area contributed by atoms with Crippen molar-refractivity contribution in [3.8, 4) is 0 Å². The molecule has 0 aliphatic rings. The average molecular weight is 236 g/mol. The summed E-state index contributed by atoms with van der Waals surface area (Å²) in [5.41, 5.74) is 3.35. The van der Waals surface area contributed by atoms with Gasteiger partial charge in [-0.05, 0) is 46.6 Å². The van der Waals surface area contributed by atoms with Gasteiger partial charge in [0.25, 0.3) is 0 Å². The van der Waals surface area contributed by atoms with Gasteiger partial charge in [-0.25, -0.2) is 0 Å². The van der Waals surface area contributed by atoms with Crippen molar-refractivity contribution in [2.75, 3.05) is 6.61 Å². The second kappa shape index (κ2) is 8.94. The molecule has 17 heavy (non-hydrogen) atoms. The minimum absolute atomic E-state index is 0.105. The summed E-state index contributed by atoms with van der Waals surface area (Å²) in [5, 5.41) is 8.71. The van der Waals surface area contributed by atoms with Crippen molar-refractivity contribution in [1.29, 1.82) is 0 Å². The summed E-state index contributed by atoms with van der Waals surface area (Å²) in [4.78, 5) is 11.5. The van der Waals surface area contributed by atoms with E-state index in [0.29, 0.717) is 6.42 Å². The van der Waals surface area contributed by atoms with Crippen LogP contribution >= 0.6 is 0 Å². The Morgan fingerprint density at radius 3 is 2.24 bits per heavy atom. The largest absolute Gasteiger partial charge is 0.392 e. The van der Waals surface area contributed by atoms with E-state index in [1.807, 2.05) is 33.8 Å². The smallest absolute Gasteiger partial charge is 0.159 e. The van der Waals surface area contributed by atoms with Crippen LogP contribution in [0, 0.1) is 0 Å². The predicted octanol–water partition coefficient (Wildman–Crippen LogP) is 3.58. The van der Waals surface area contributed by atoms with E-state index in [1.54, 1.807) is 6.08 Å². The fourth-order valence-corrected chi connectivity index (χ4v) is 1.52. The molecule has 0 aliphatic heterocycles. The first-order valence-electron chi connectivity index (χ1n) is 6.05. The molecule has 0 atom stereocenters. The minimum atomic E-state index is 0.105. The first kappa shape index (κ1) is 15.9. The first-order chi connectivity index (χ1) is 7.95. The Morgan fingerprint density at radius 1 is 1.06 bits per heavy atom. The molecule has 0 aromatic rings. The van der Waals surface area contributed by atoms with Gasteiger partial charge in [0.15, 0.2) is 5.78 Å². The monoisotopic (exact) mass is 236 g/mol. The number of aliphatic hydroxyl groups is 1. The van der Waals surface area contributed by atoms with Crippen LogP contribution < -0.4 is 0 Å². The van der Waals surface area contributed by atoms with E-state index in [-0.39, 0.29) is 12.4 Å². The van der Waals surface area contributed by atoms with Gasteiger partial charge >= 0.3 is 0 Å². The van der Waals surface area contributed by atoms with E-state index in [2.05, 4.69) is 6.08 Å². The second-order valence-electron chi connectivity index (χ2n) is 4.69. The molecule has 0 rings (SSSR count). The lowest BCUT2D eigenvalue weighted by Gasteiger charge is -2.00. The minimum Gasteiger partial charge on any atom is -0.392 e. The molecule has 0 spiro atoms. The molecular weight excluding hydrogens is 212 g/mol. The molecule has 0 amide bonds. The van der Waals surface area contributed by atoms with Crippen LogP contribution in [0.25, 0.3) is 0 Å². The van der Waals surface area contributed by atoms with Crippen molar-refractivity contribution in [2.45, 2.75) is 47.0 Å². The number of ketones is 1. The number of hydrogen-bond acceptors (Lipinski definition) is 2. The van der Waals surface area contributed by atoms with Crippen molar-refractivity contribution in [2.24, 2.45) is 0 Å². The van der Waals surface area contributed by atoms with Gasteiger partial charge in [-0.2, -0.15) is 0 Å². The fraction of sp³-hybridized carbons (Fsp3) is 0.533. The SMILES string of the molecule is CC(C)=CC(=O)CC(C)=CCCC(C)=CCO.